The minimum atomic E-state index is -3.77. The number of hydrogen-bond acceptors (Lipinski definition) is 4. The normalized spacial score (nSPS) is 26.0. The molecule has 0 heterocycles. The van der Waals surface area contributed by atoms with Crippen molar-refractivity contribution in [2.75, 3.05) is 17.1 Å². The number of hydrogen-bond donors (Lipinski definition) is 1. The van der Waals surface area contributed by atoms with Crippen LogP contribution in [0.15, 0.2) is 48.5 Å². The maximum atomic E-state index is 13.9. The zero-order valence-electron chi connectivity index (χ0n) is 25.8. The van der Waals surface area contributed by atoms with Gasteiger partial charge in [-0.05, 0) is 118 Å². The van der Waals surface area contributed by atoms with Gasteiger partial charge in [-0.2, -0.15) is 0 Å². The van der Waals surface area contributed by atoms with Crippen molar-refractivity contribution in [2.45, 2.75) is 96.7 Å². The number of sulfonamides is 1. The summed E-state index contributed by atoms with van der Waals surface area (Å²) in [6, 6.07) is 14.9. The van der Waals surface area contributed by atoms with Crippen molar-refractivity contribution in [3.8, 4) is 0 Å². The van der Waals surface area contributed by atoms with Gasteiger partial charge in [0.25, 0.3) is 0 Å². The zero-order chi connectivity index (χ0) is 30.2. The third-order valence-electron chi connectivity index (χ3n) is 10.3. The monoisotopic (exact) mass is 593 g/mol. The number of nitrogens with one attached hydrogen (secondary N) is 1. The highest BCUT2D eigenvalue weighted by Gasteiger charge is 2.51. The number of carbonyl (C=O) groups is 2. The lowest BCUT2D eigenvalue weighted by molar-refractivity contribution is -0.139. The molecule has 228 valence electrons. The number of amides is 2. The lowest BCUT2D eigenvalue weighted by Crippen LogP contribution is -2.52. The number of aryl methyl sites for hydroxylation is 1. The largest absolute Gasteiger partial charge is 0.352 e. The van der Waals surface area contributed by atoms with Gasteiger partial charge in [-0.1, -0.05) is 43.3 Å². The van der Waals surface area contributed by atoms with E-state index in [-0.39, 0.29) is 30.5 Å². The van der Waals surface area contributed by atoms with E-state index in [1.54, 1.807) is 6.92 Å². The molecule has 4 aliphatic rings. The first-order valence-electron chi connectivity index (χ1n) is 15.6. The van der Waals surface area contributed by atoms with Gasteiger partial charge in [0.2, 0.25) is 21.8 Å². The van der Waals surface area contributed by atoms with E-state index >= 15 is 0 Å². The van der Waals surface area contributed by atoms with Crippen LogP contribution in [-0.2, 0) is 31.6 Å². The van der Waals surface area contributed by atoms with Crippen molar-refractivity contribution < 1.29 is 18.0 Å². The van der Waals surface area contributed by atoms with E-state index in [0.29, 0.717) is 5.69 Å². The Balaban J connectivity index is 1.39. The summed E-state index contributed by atoms with van der Waals surface area (Å²) in [5.74, 6) is 1.79. The van der Waals surface area contributed by atoms with Crippen LogP contribution in [0.4, 0.5) is 5.69 Å². The molecule has 0 spiro atoms. The Labute approximate surface area is 252 Å². The summed E-state index contributed by atoms with van der Waals surface area (Å²) in [7, 11) is -3.77. The molecule has 2 amide bonds. The van der Waals surface area contributed by atoms with Crippen LogP contribution in [0.1, 0.15) is 82.4 Å². The summed E-state index contributed by atoms with van der Waals surface area (Å²) in [5, 5.41) is 2.98. The van der Waals surface area contributed by atoms with E-state index in [2.05, 4.69) is 17.4 Å². The van der Waals surface area contributed by atoms with Crippen LogP contribution < -0.4 is 9.62 Å². The molecule has 0 unspecified atom stereocenters. The van der Waals surface area contributed by atoms with Gasteiger partial charge in [-0.15, -0.1) is 0 Å². The molecule has 8 heteroatoms. The fourth-order valence-electron chi connectivity index (χ4n) is 8.08. The van der Waals surface area contributed by atoms with Crippen LogP contribution in [0.2, 0.25) is 0 Å². The fourth-order valence-corrected chi connectivity index (χ4v) is 8.93. The van der Waals surface area contributed by atoms with E-state index in [0.717, 1.165) is 41.6 Å². The van der Waals surface area contributed by atoms with E-state index in [1.807, 2.05) is 57.2 Å². The Hall–Kier alpha value is -2.87. The molecule has 0 aromatic heterocycles. The van der Waals surface area contributed by atoms with Gasteiger partial charge in [0, 0.05) is 12.6 Å². The summed E-state index contributed by atoms with van der Waals surface area (Å²) >= 11 is 0. The highest BCUT2D eigenvalue weighted by atomic mass is 32.2. The molecular weight excluding hydrogens is 546 g/mol. The smallest absolute Gasteiger partial charge is 0.244 e. The SMILES string of the molecule is CC[C@@H](C)NC(=O)[C@@H](C)N(Cc1ccccc1C)C(=O)CN(c1ccc(C23CC4CC(CC(C4)C2)C3)cc1)S(C)(=O)=O. The summed E-state index contributed by atoms with van der Waals surface area (Å²) < 4.78 is 27.3. The number of rotatable bonds is 11. The third kappa shape index (κ3) is 6.38. The van der Waals surface area contributed by atoms with Crippen molar-refractivity contribution >= 4 is 27.5 Å². The van der Waals surface area contributed by atoms with Gasteiger partial charge >= 0.3 is 0 Å². The maximum absolute atomic E-state index is 13.9. The summed E-state index contributed by atoms with van der Waals surface area (Å²) in [4.78, 5) is 28.6. The average molecular weight is 594 g/mol. The van der Waals surface area contributed by atoms with Crippen molar-refractivity contribution in [1.82, 2.24) is 10.2 Å². The standard InChI is InChI=1S/C34H47N3O4S/c1-6-24(3)35-33(39)25(4)36(21-29-10-8-7-9-23(29)2)32(38)22-37(42(5,40)41)31-13-11-30(12-14-31)34-18-26-15-27(19-34)17-28(16-26)20-34/h7-14,24-28H,6,15-22H2,1-5H3,(H,35,39)/t24-,25-,26?,27?,28?,34?/m1/s1. The van der Waals surface area contributed by atoms with E-state index in [4.69, 9.17) is 0 Å². The second-order valence-corrected chi connectivity index (χ2v) is 15.4. The molecule has 42 heavy (non-hydrogen) atoms. The Bertz CT molecular complexity index is 1370. The van der Waals surface area contributed by atoms with Crippen LogP contribution in [0.5, 0.6) is 0 Å². The van der Waals surface area contributed by atoms with Gasteiger partial charge in [0.1, 0.15) is 12.6 Å². The van der Waals surface area contributed by atoms with Crippen molar-refractivity contribution in [3.63, 3.8) is 0 Å². The molecule has 2 atom stereocenters. The summed E-state index contributed by atoms with van der Waals surface area (Å²) in [5.41, 5.74) is 3.92. The number of nitrogens with zero attached hydrogens (tertiary/aromatic N) is 2. The highest BCUT2D eigenvalue weighted by Crippen LogP contribution is 2.60. The summed E-state index contributed by atoms with van der Waals surface area (Å²) in [6.07, 6.45) is 9.71. The Kier molecular flexibility index (Phi) is 8.75. The van der Waals surface area contributed by atoms with Crippen LogP contribution in [0, 0.1) is 24.7 Å². The molecule has 2 aromatic rings. The number of benzene rings is 2. The predicted octanol–water partition coefficient (Wildman–Crippen LogP) is 5.56. The Morgan fingerprint density at radius 2 is 1.52 bits per heavy atom. The lowest BCUT2D eigenvalue weighted by Gasteiger charge is -2.57. The number of carbonyl (C=O) groups excluding carboxylic acids is 2. The minimum absolute atomic E-state index is 0.0321. The molecule has 4 saturated carbocycles. The van der Waals surface area contributed by atoms with Crippen molar-refractivity contribution in [1.29, 1.82) is 0 Å². The Morgan fingerprint density at radius 3 is 2.05 bits per heavy atom. The van der Waals surface area contributed by atoms with Crippen LogP contribution in [-0.4, -0.2) is 50.0 Å². The molecule has 2 aromatic carbocycles. The van der Waals surface area contributed by atoms with E-state index in [1.165, 1.54) is 53.3 Å². The highest BCUT2D eigenvalue weighted by molar-refractivity contribution is 7.92. The maximum Gasteiger partial charge on any atom is 0.244 e. The molecule has 7 nitrogen and oxygen atoms in total. The van der Waals surface area contributed by atoms with Crippen LogP contribution in [0.3, 0.4) is 0 Å². The first-order valence-corrected chi connectivity index (χ1v) is 17.5. The molecule has 1 N–H and O–H groups in total. The number of anilines is 1. The Morgan fingerprint density at radius 1 is 0.952 bits per heavy atom. The van der Waals surface area contributed by atoms with Crippen molar-refractivity contribution in [2.24, 2.45) is 17.8 Å². The second-order valence-electron chi connectivity index (χ2n) is 13.5. The fraction of sp³-hybridized carbons (Fsp3) is 0.588. The van der Waals surface area contributed by atoms with Crippen molar-refractivity contribution in [3.05, 3.63) is 65.2 Å². The molecule has 0 aliphatic heterocycles. The molecule has 4 fully saturated rings. The second kappa shape index (κ2) is 12.0. The lowest BCUT2D eigenvalue weighted by atomic mass is 9.48. The topological polar surface area (TPSA) is 86.8 Å². The van der Waals surface area contributed by atoms with Gasteiger partial charge in [0.15, 0.2) is 0 Å². The third-order valence-corrected chi connectivity index (χ3v) is 11.4. The first-order chi connectivity index (χ1) is 19.9. The van der Waals surface area contributed by atoms with E-state index < -0.39 is 22.0 Å². The van der Waals surface area contributed by atoms with Gasteiger partial charge < -0.3 is 10.2 Å². The quantitative estimate of drug-likeness (QED) is 0.370. The molecule has 6 rings (SSSR count). The molecule has 4 aliphatic carbocycles. The zero-order valence-corrected chi connectivity index (χ0v) is 26.6. The van der Waals surface area contributed by atoms with Gasteiger partial charge in [-0.25, -0.2) is 8.42 Å². The van der Waals surface area contributed by atoms with Crippen LogP contribution in [0.25, 0.3) is 0 Å². The van der Waals surface area contributed by atoms with Gasteiger partial charge in [0.05, 0.1) is 11.9 Å². The molecule has 0 saturated heterocycles. The predicted molar refractivity (Wildman–Crippen MR) is 168 cm³/mol. The van der Waals surface area contributed by atoms with Gasteiger partial charge in [-0.3, -0.25) is 13.9 Å². The first kappa shape index (κ1) is 30.6. The minimum Gasteiger partial charge on any atom is -0.352 e. The molecule has 4 bridgehead atoms. The summed E-state index contributed by atoms with van der Waals surface area (Å²) in [6.45, 7) is 7.43. The van der Waals surface area contributed by atoms with E-state index in [9.17, 15) is 18.0 Å². The molecular formula is C34H47N3O4S. The van der Waals surface area contributed by atoms with Crippen LogP contribution >= 0.6 is 0 Å². The molecule has 0 radical (unpaired) electrons. The average Bonchev–Trinajstić information content (AvgIpc) is 2.93.